The third-order valence-electron chi connectivity index (χ3n) is 2.84. The fourth-order valence-electron chi connectivity index (χ4n) is 1.66. The van der Waals surface area contributed by atoms with Crippen LogP contribution in [-0.2, 0) is 14.3 Å². The predicted octanol–water partition coefficient (Wildman–Crippen LogP) is 2.68. The number of carbonyl (C=O) groups is 3. The van der Waals surface area contributed by atoms with Crippen molar-refractivity contribution < 1.29 is 34.4 Å². The van der Waals surface area contributed by atoms with Gasteiger partial charge in [0.15, 0.2) is 0 Å². The predicted molar refractivity (Wildman–Crippen MR) is 82.4 cm³/mol. The maximum atomic E-state index is 10.9. The number of aromatic hydroxyl groups is 1. The lowest BCUT2D eigenvalue weighted by atomic mass is 10.1. The zero-order valence-corrected chi connectivity index (χ0v) is 13.0. The number of aliphatic carboxylic acids is 2. The Balaban J connectivity index is 0.000000422. The van der Waals surface area contributed by atoms with E-state index in [0.29, 0.717) is 12.8 Å². The maximum Gasteiger partial charge on any atom is 0.341 e. The summed E-state index contributed by atoms with van der Waals surface area (Å²) in [4.78, 5) is 30.9. The normalized spacial score (nSPS) is 9.43. The van der Waals surface area contributed by atoms with Crippen molar-refractivity contribution in [3.63, 3.8) is 0 Å². The summed E-state index contributed by atoms with van der Waals surface area (Å²) in [5.74, 6) is -2.15. The number of benzene rings is 1. The van der Waals surface area contributed by atoms with Crippen molar-refractivity contribution in [3.05, 3.63) is 29.8 Å². The highest BCUT2D eigenvalue weighted by Gasteiger charge is 2.08. The van der Waals surface area contributed by atoms with Gasteiger partial charge >= 0.3 is 17.9 Å². The standard InChI is InChI=1S/C8H14O4.C8H8O3/c9-7(10)5-3-1-2-4-6-8(11)12;1-11-8(10)6-4-2-3-5-7(6)9/h1-6H2,(H,9,10)(H,11,12);2-5,9H,1H3. The van der Waals surface area contributed by atoms with Gasteiger partial charge in [-0.05, 0) is 25.0 Å². The first-order chi connectivity index (χ1) is 10.9. The van der Waals surface area contributed by atoms with E-state index in [4.69, 9.17) is 15.3 Å². The van der Waals surface area contributed by atoms with Crippen molar-refractivity contribution in [1.82, 2.24) is 0 Å². The minimum absolute atomic E-state index is 0.0562. The van der Waals surface area contributed by atoms with E-state index in [2.05, 4.69) is 4.74 Å². The molecule has 0 amide bonds. The lowest BCUT2D eigenvalue weighted by Gasteiger charge is -1.99. The van der Waals surface area contributed by atoms with Crippen LogP contribution < -0.4 is 0 Å². The summed E-state index contributed by atoms with van der Waals surface area (Å²) in [5.41, 5.74) is 0.190. The van der Waals surface area contributed by atoms with Crippen molar-refractivity contribution in [2.75, 3.05) is 7.11 Å². The number of unbranched alkanes of at least 4 members (excludes halogenated alkanes) is 3. The molecule has 7 nitrogen and oxygen atoms in total. The molecular formula is C16H22O7. The van der Waals surface area contributed by atoms with Crippen molar-refractivity contribution in [2.24, 2.45) is 0 Å². The molecule has 1 rings (SSSR count). The molecule has 0 aromatic heterocycles. The number of esters is 1. The maximum absolute atomic E-state index is 10.9. The Morgan fingerprint density at radius 1 is 0.913 bits per heavy atom. The van der Waals surface area contributed by atoms with E-state index >= 15 is 0 Å². The Kier molecular flexibility index (Phi) is 10.7. The zero-order valence-electron chi connectivity index (χ0n) is 13.0. The Labute approximate surface area is 134 Å². The van der Waals surface area contributed by atoms with E-state index in [1.54, 1.807) is 12.1 Å². The van der Waals surface area contributed by atoms with Gasteiger partial charge in [0.25, 0.3) is 0 Å². The number of ether oxygens (including phenoxy) is 1. The highest BCUT2D eigenvalue weighted by molar-refractivity contribution is 5.92. The second kappa shape index (κ2) is 12.0. The van der Waals surface area contributed by atoms with Crippen LogP contribution in [0, 0.1) is 0 Å². The molecule has 0 fully saturated rings. The molecule has 3 N–H and O–H groups in total. The number of methoxy groups -OCH3 is 1. The van der Waals surface area contributed by atoms with E-state index in [1.165, 1.54) is 19.2 Å². The van der Waals surface area contributed by atoms with Gasteiger partial charge in [-0.15, -0.1) is 0 Å². The van der Waals surface area contributed by atoms with Gasteiger partial charge in [0.2, 0.25) is 0 Å². The lowest BCUT2D eigenvalue weighted by Crippen LogP contribution is -2.00. The van der Waals surface area contributed by atoms with Gasteiger partial charge in [0, 0.05) is 12.8 Å². The minimum atomic E-state index is -0.784. The van der Waals surface area contributed by atoms with Gasteiger partial charge in [0.1, 0.15) is 11.3 Å². The van der Waals surface area contributed by atoms with Crippen LogP contribution in [0.3, 0.4) is 0 Å². The minimum Gasteiger partial charge on any atom is -0.507 e. The van der Waals surface area contributed by atoms with Gasteiger partial charge in [-0.3, -0.25) is 9.59 Å². The Morgan fingerprint density at radius 3 is 1.78 bits per heavy atom. The SMILES string of the molecule is COC(=O)c1ccccc1O.O=C(O)CCCCCCC(=O)O. The summed E-state index contributed by atoms with van der Waals surface area (Å²) in [6.07, 6.45) is 3.28. The number of hydrogen-bond acceptors (Lipinski definition) is 5. The average molecular weight is 326 g/mol. The van der Waals surface area contributed by atoms with Crippen LogP contribution >= 0.6 is 0 Å². The number of rotatable bonds is 8. The number of carbonyl (C=O) groups excluding carboxylic acids is 1. The molecule has 128 valence electrons. The first-order valence-electron chi connectivity index (χ1n) is 7.18. The summed E-state index contributed by atoms with van der Waals surface area (Å²) in [5, 5.41) is 25.6. The molecule has 7 heteroatoms. The monoisotopic (exact) mass is 326 g/mol. The number of para-hydroxylation sites is 1. The quantitative estimate of drug-likeness (QED) is 0.496. The summed E-state index contributed by atoms with van der Waals surface area (Å²) < 4.78 is 4.42. The third-order valence-corrected chi connectivity index (χ3v) is 2.84. The lowest BCUT2D eigenvalue weighted by molar-refractivity contribution is -0.138. The van der Waals surface area contributed by atoms with Gasteiger partial charge in [-0.25, -0.2) is 4.79 Å². The summed E-state index contributed by atoms with van der Waals surface area (Å²) in [7, 11) is 1.27. The average Bonchev–Trinajstić information content (AvgIpc) is 2.50. The van der Waals surface area contributed by atoms with Crippen LogP contribution in [0.5, 0.6) is 5.75 Å². The number of hydrogen-bond donors (Lipinski definition) is 3. The first-order valence-corrected chi connectivity index (χ1v) is 7.18. The van der Waals surface area contributed by atoms with Crippen molar-refractivity contribution >= 4 is 17.9 Å². The van der Waals surface area contributed by atoms with Crippen molar-refractivity contribution in [1.29, 1.82) is 0 Å². The number of phenols is 1. The van der Waals surface area contributed by atoms with E-state index in [9.17, 15) is 14.4 Å². The zero-order chi connectivity index (χ0) is 17.7. The smallest absolute Gasteiger partial charge is 0.341 e. The van der Waals surface area contributed by atoms with E-state index in [1.807, 2.05) is 0 Å². The third kappa shape index (κ3) is 10.8. The van der Waals surface area contributed by atoms with Crippen LogP contribution in [0.25, 0.3) is 0 Å². The molecule has 0 heterocycles. The van der Waals surface area contributed by atoms with E-state index < -0.39 is 17.9 Å². The second-order valence-corrected chi connectivity index (χ2v) is 4.71. The summed E-state index contributed by atoms with van der Waals surface area (Å²) >= 11 is 0. The fraction of sp³-hybridized carbons (Fsp3) is 0.438. The van der Waals surface area contributed by atoms with E-state index in [0.717, 1.165) is 12.8 Å². The molecule has 0 aliphatic rings. The first kappa shape index (κ1) is 20.4. The molecule has 1 aromatic rings. The Morgan fingerprint density at radius 2 is 1.39 bits per heavy atom. The van der Waals surface area contributed by atoms with Crippen molar-refractivity contribution in [2.45, 2.75) is 38.5 Å². The number of carboxylic acids is 2. The molecule has 0 aliphatic carbocycles. The highest BCUT2D eigenvalue weighted by Crippen LogP contribution is 2.15. The number of carboxylic acid groups (broad SMARTS) is 2. The van der Waals surface area contributed by atoms with E-state index in [-0.39, 0.29) is 24.2 Å². The fourth-order valence-corrected chi connectivity index (χ4v) is 1.66. The molecule has 23 heavy (non-hydrogen) atoms. The molecule has 0 aliphatic heterocycles. The molecule has 0 saturated heterocycles. The molecule has 1 aromatic carbocycles. The van der Waals surface area contributed by atoms with Gasteiger partial charge in [0.05, 0.1) is 7.11 Å². The number of phenolic OH excluding ortho intramolecular Hbond substituents is 1. The Bertz CT molecular complexity index is 493. The topological polar surface area (TPSA) is 121 Å². The highest BCUT2D eigenvalue weighted by atomic mass is 16.5. The van der Waals surface area contributed by atoms with Crippen LogP contribution in [-0.4, -0.2) is 40.3 Å². The largest absolute Gasteiger partial charge is 0.507 e. The molecule has 0 unspecified atom stereocenters. The molecule has 0 atom stereocenters. The molecule has 0 saturated carbocycles. The van der Waals surface area contributed by atoms with Gasteiger partial charge in [-0.2, -0.15) is 0 Å². The van der Waals surface area contributed by atoms with Crippen LogP contribution in [0.2, 0.25) is 0 Å². The molecule has 0 spiro atoms. The van der Waals surface area contributed by atoms with Crippen LogP contribution in [0.15, 0.2) is 24.3 Å². The Hall–Kier alpha value is -2.57. The summed E-state index contributed by atoms with van der Waals surface area (Å²) in [6, 6.07) is 6.24. The van der Waals surface area contributed by atoms with Crippen molar-refractivity contribution in [3.8, 4) is 5.75 Å². The van der Waals surface area contributed by atoms with Crippen LogP contribution in [0.1, 0.15) is 48.9 Å². The summed E-state index contributed by atoms with van der Waals surface area (Å²) in [6.45, 7) is 0. The van der Waals surface area contributed by atoms with Crippen LogP contribution in [0.4, 0.5) is 0 Å². The molecule has 0 bridgehead atoms. The molecular weight excluding hydrogens is 304 g/mol. The molecule has 0 radical (unpaired) electrons. The van der Waals surface area contributed by atoms with Gasteiger partial charge < -0.3 is 20.1 Å². The van der Waals surface area contributed by atoms with Gasteiger partial charge in [-0.1, -0.05) is 25.0 Å². The second-order valence-electron chi connectivity index (χ2n) is 4.71.